The Hall–Kier alpha value is -0.250. The second-order valence-corrected chi connectivity index (χ2v) is 6.34. The van der Waals surface area contributed by atoms with E-state index in [9.17, 15) is 13.2 Å². The maximum atomic E-state index is 12.0. The zero-order valence-electron chi connectivity index (χ0n) is 11.6. The van der Waals surface area contributed by atoms with E-state index in [2.05, 4.69) is 5.32 Å². The van der Waals surface area contributed by atoms with Crippen LogP contribution < -0.4 is 5.32 Å². The molecule has 0 amide bonds. The summed E-state index contributed by atoms with van der Waals surface area (Å²) in [5, 5.41) is 3.47. The summed E-state index contributed by atoms with van der Waals surface area (Å²) in [4.78, 5) is 0. The quantitative estimate of drug-likeness (QED) is 0.720. The van der Waals surface area contributed by atoms with Gasteiger partial charge in [-0.2, -0.15) is 13.2 Å². The maximum absolute atomic E-state index is 12.0. The molecule has 0 aromatic rings. The molecule has 0 aromatic carbocycles. The molecule has 2 fully saturated rings. The van der Waals surface area contributed by atoms with E-state index in [1.807, 2.05) is 0 Å². The molecule has 2 saturated carbocycles. The number of hydrogen-bond acceptors (Lipinski definition) is 1. The fraction of sp³-hybridized carbons (Fsp3) is 1.00. The summed E-state index contributed by atoms with van der Waals surface area (Å²) >= 11 is 0. The molecule has 2 rings (SSSR count). The molecule has 0 spiro atoms. The first kappa shape index (κ1) is 15.1. The van der Waals surface area contributed by atoms with Crippen molar-refractivity contribution in [2.75, 3.05) is 6.54 Å². The van der Waals surface area contributed by atoms with Crippen molar-refractivity contribution in [2.45, 2.75) is 76.4 Å². The third kappa shape index (κ3) is 5.33. The highest BCUT2D eigenvalue weighted by Crippen LogP contribution is 2.40. The SMILES string of the molecule is FC(F)(F)CCCCNC1CCC2CCCCC2C1. The number of alkyl halides is 3. The molecular formula is C15H26F3N. The number of halogens is 3. The summed E-state index contributed by atoms with van der Waals surface area (Å²) in [6, 6.07) is 0.560. The smallest absolute Gasteiger partial charge is 0.314 e. The second kappa shape index (κ2) is 6.96. The normalized spacial score (nSPS) is 32.1. The van der Waals surface area contributed by atoms with Crippen molar-refractivity contribution in [3.63, 3.8) is 0 Å². The van der Waals surface area contributed by atoms with E-state index in [1.54, 1.807) is 0 Å². The van der Waals surface area contributed by atoms with Crippen molar-refractivity contribution in [1.29, 1.82) is 0 Å². The molecule has 0 saturated heterocycles. The zero-order chi connectivity index (χ0) is 13.7. The summed E-state index contributed by atoms with van der Waals surface area (Å²) in [5.74, 6) is 1.83. The van der Waals surface area contributed by atoms with Crippen LogP contribution in [0.3, 0.4) is 0 Å². The molecular weight excluding hydrogens is 251 g/mol. The molecule has 0 aliphatic heterocycles. The largest absolute Gasteiger partial charge is 0.389 e. The van der Waals surface area contributed by atoms with Gasteiger partial charge in [-0.3, -0.25) is 0 Å². The molecule has 4 heteroatoms. The van der Waals surface area contributed by atoms with Crippen LogP contribution in [0.4, 0.5) is 13.2 Å². The molecule has 19 heavy (non-hydrogen) atoms. The fourth-order valence-electron chi connectivity index (χ4n) is 3.82. The highest BCUT2D eigenvalue weighted by molar-refractivity contribution is 4.86. The Kier molecular flexibility index (Phi) is 5.55. The van der Waals surface area contributed by atoms with Crippen molar-refractivity contribution < 1.29 is 13.2 Å². The van der Waals surface area contributed by atoms with E-state index >= 15 is 0 Å². The highest BCUT2D eigenvalue weighted by Gasteiger charge is 2.31. The Morgan fingerprint density at radius 3 is 2.37 bits per heavy atom. The summed E-state index contributed by atoms with van der Waals surface area (Å²) < 4.78 is 36.0. The Labute approximate surface area is 114 Å². The van der Waals surface area contributed by atoms with Gasteiger partial charge in [0, 0.05) is 12.5 Å². The lowest BCUT2D eigenvalue weighted by atomic mass is 9.69. The minimum atomic E-state index is -3.99. The van der Waals surface area contributed by atoms with Crippen LogP contribution in [0, 0.1) is 11.8 Å². The van der Waals surface area contributed by atoms with Gasteiger partial charge in [0.05, 0.1) is 0 Å². The van der Waals surface area contributed by atoms with Gasteiger partial charge in [-0.25, -0.2) is 0 Å². The van der Waals surface area contributed by atoms with Crippen LogP contribution in [-0.2, 0) is 0 Å². The van der Waals surface area contributed by atoms with Crippen LogP contribution in [0.2, 0.25) is 0 Å². The van der Waals surface area contributed by atoms with E-state index in [-0.39, 0.29) is 6.42 Å². The van der Waals surface area contributed by atoms with E-state index in [4.69, 9.17) is 0 Å². The van der Waals surface area contributed by atoms with Crippen molar-refractivity contribution in [3.05, 3.63) is 0 Å². The minimum absolute atomic E-state index is 0.259. The first-order valence-electron chi connectivity index (χ1n) is 7.85. The van der Waals surface area contributed by atoms with Gasteiger partial charge in [0.25, 0.3) is 0 Å². The standard InChI is InChI=1S/C15H26F3N/c16-15(17,18)9-3-4-10-19-14-8-7-12-5-1-2-6-13(12)11-14/h12-14,19H,1-11H2. The van der Waals surface area contributed by atoms with E-state index in [1.165, 1.54) is 44.9 Å². The van der Waals surface area contributed by atoms with Crippen molar-refractivity contribution >= 4 is 0 Å². The molecule has 3 atom stereocenters. The predicted molar refractivity (Wildman–Crippen MR) is 71.0 cm³/mol. The van der Waals surface area contributed by atoms with Gasteiger partial charge in [0.2, 0.25) is 0 Å². The topological polar surface area (TPSA) is 12.0 Å². The lowest BCUT2D eigenvalue weighted by Gasteiger charge is -2.39. The van der Waals surface area contributed by atoms with Crippen LogP contribution in [0.1, 0.15) is 64.2 Å². The molecule has 112 valence electrons. The summed E-state index contributed by atoms with van der Waals surface area (Å²) in [6.07, 6.45) is 5.63. The van der Waals surface area contributed by atoms with Gasteiger partial charge in [-0.1, -0.05) is 25.7 Å². The summed E-state index contributed by atoms with van der Waals surface area (Å²) in [6.45, 7) is 0.748. The average Bonchev–Trinajstić information content (AvgIpc) is 2.37. The first-order chi connectivity index (χ1) is 9.04. The predicted octanol–water partition coefficient (Wildman–Crippen LogP) is 4.67. The summed E-state index contributed by atoms with van der Waals surface area (Å²) in [5.41, 5.74) is 0. The van der Waals surface area contributed by atoms with Gasteiger partial charge in [-0.15, -0.1) is 0 Å². The molecule has 1 nitrogen and oxygen atoms in total. The van der Waals surface area contributed by atoms with Crippen LogP contribution in [-0.4, -0.2) is 18.8 Å². The third-order valence-electron chi connectivity index (χ3n) is 4.86. The van der Waals surface area contributed by atoms with Crippen LogP contribution >= 0.6 is 0 Å². The van der Waals surface area contributed by atoms with Crippen molar-refractivity contribution in [3.8, 4) is 0 Å². The van der Waals surface area contributed by atoms with E-state index < -0.39 is 12.6 Å². The number of fused-ring (bicyclic) bond motifs is 1. The number of nitrogens with one attached hydrogen (secondary N) is 1. The molecule has 0 heterocycles. The van der Waals surface area contributed by atoms with E-state index in [0.29, 0.717) is 12.5 Å². The summed E-state index contributed by atoms with van der Waals surface area (Å²) in [7, 11) is 0. The highest BCUT2D eigenvalue weighted by atomic mass is 19.4. The van der Waals surface area contributed by atoms with Crippen LogP contribution in [0.25, 0.3) is 0 Å². The Bertz CT molecular complexity index is 265. The van der Waals surface area contributed by atoms with Gasteiger partial charge >= 0.3 is 6.18 Å². The maximum Gasteiger partial charge on any atom is 0.389 e. The lowest BCUT2D eigenvalue weighted by molar-refractivity contribution is -0.135. The monoisotopic (exact) mass is 277 g/mol. The molecule has 0 aromatic heterocycles. The fourth-order valence-corrected chi connectivity index (χ4v) is 3.82. The lowest BCUT2D eigenvalue weighted by Crippen LogP contribution is -2.39. The van der Waals surface area contributed by atoms with Crippen LogP contribution in [0.5, 0.6) is 0 Å². The third-order valence-corrected chi connectivity index (χ3v) is 4.86. The van der Waals surface area contributed by atoms with Crippen molar-refractivity contribution in [1.82, 2.24) is 5.32 Å². The number of hydrogen-bond donors (Lipinski definition) is 1. The molecule has 1 N–H and O–H groups in total. The molecule has 0 bridgehead atoms. The first-order valence-corrected chi connectivity index (χ1v) is 7.85. The zero-order valence-corrected chi connectivity index (χ0v) is 11.6. The minimum Gasteiger partial charge on any atom is -0.314 e. The van der Waals surface area contributed by atoms with Gasteiger partial charge in [0.1, 0.15) is 0 Å². The molecule has 2 aliphatic carbocycles. The van der Waals surface area contributed by atoms with Crippen molar-refractivity contribution in [2.24, 2.45) is 11.8 Å². The second-order valence-electron chi connectivity index (χ2n) is 6.34. The molecule has 3 unspecified atom stereocenters. The van der Waals surface area contributed by atoms with E-state index in [0.717, 1.165) is 18.4 Å². The Balaban J connectivity index is 1.57. The number of unbranched alkanes of at least 4 members (excludes halogenated alkanes) is 1. The molecule has 2 aliphatic rings. The Morgan fingerprint density at radius 2 is 1.63 bits per heavy atom. The number of rotatable bonds is 5. The van der Waals surface area contributed by atoms with Gasteiger partial charge < -0.3 is 5.32 Å². The molecule has 0 radical (unpaired) electrons. The Morgan fingerprint density at radius 1 is 0.895 bits per heavy atom. The van der Waals surface area contributed by atoms with Gasteiger partial charge in [0.15, 0.2) is 0 Å². The average molecular weight is 277 g/mol. The van der Waals surface area contributed by atoms with Gasteiger partial charge in [-0.05, 0) is 50.5 Å². The van der Waals surface area contributed by atoms with Crippen LogP contribution in [0.15, 0.2) is 0 Å².